The molecule has 2 aromatic heterocycles. The number of guanidine groups is 1. The van der Waals surface area contributed by atoms with E-state index in [0.717, 1.165) is 31.2 Å². The van der Waals surface area contributed by atoms with E-state index in [9.17, 15) is 4.39 Å². The van der Waals surface area contributed by atoms with Crippen LogP contribution in [0.25, 0.3) is 0 Å². The van der Waals surface area contributed by atoms with Crippen molar-refractivity contribution >= 4 is 35.8 Å². The number of hydrogen-bond acceptors (Lipinski definition) is 5. The van der Waals surface area contributed by atoms with Crippen LogP contribution in [0.4, 0.5) is 10.2 Å². The number of nitrogens with zero attached hydrogens (tertiary/aromatic N) is 4. The maximum absolute atomic E-state index is 13.9. The summed E-state index contributed by atoms with van der Waals surface area (Å²) in [5, 5.41) is 6.67. The molecule has 0 spiro atoms. The van der Waals surface area contributed by atoms with Crippen molar-refractivity contribution in [3.05, 3.63) is 48.0 Å². The molecular weight excluding hydrogens is 474 g/mol. The van der Waals surface area contributed by atoms with E-state index < -0.39 is 0 Å². The Hall–Kier alpha value is -2.17. The van der Waals surface area contributed by atoms with E-state index in [-0.39, 0.29) is 35.8 Å². The molecule has 3 rings (SSSR count). The van der Waals surface area contributed by atoms with Gasteiger partial charge >= 0.3 is 0 Å². The van der Waals surface area contributed by atoms with Crippen LogP contribution in [0.3, 0.4) is 0 Å². The largest absolute Gasteiger partial charge is 0.481 e. The van der Waals surface area contributed by atoms with Crippen molar-refractivity contribution in [2.24, 2.45) is 4.99 Å². The van der Waals surface area contributed by atoms with Crippen LogP contribution >= 0.6 is 24.0 Å². The molecule has 0 radical (unpaired) electrons. The molecule has 28 heavy (non-hydrogen) atoms. The van der Waals surface area contributed by atoms with Gasteiger partial charge in [0.1, 0.15) is 0 Å². The topological polar surface area (TPSA) is 74.7 Å². The van der Waals surface area contributed by atoms with Crippen molar-refractivity contribution in [2.75, 3.05) is 31.6 Å². The van der Waals surface area contributed by atoms with Crippen LogP contribution in [0.2, 0.25) is 0 Å². The van der Waals surface area contributed by atoms with E-state index in [1.54, 1.807) is 25.4 Å². The molecule has 0 aromatic carbocycles. The molecule has 0 bridgehead atoms. The summed E-state index contributed by atoms with van der Waals surface area (Å²) in [5.41, 5.74) is 0.829. The Morgan fingerprint density at radius 3 is 2.96 bits per heavy atom. The van der Waals surface area contributed by atoms with Gasteiger partial charge in [-0.2, -0.15) is 0 Å². The Morgan fingerprint density at radius 1 is 1.36 bits per heavy atom. The quantitative estimate of drug-likeness (QED) is 0.361. The van der Waals surface area contributed by atoms with Gasteiger partial charge in [-0.15, -0.1) is 24.0 Å². The Morgan fingerprint density at radius 2 is 2.21 bits per heavy atom. The zero-order chi connectivity index (χ0) is 19.1. The molecule has 1 aliphatic rings. The summed E-state index contributed by atoms with van der Waals surface area (Å²) >= 11 is 0. The van der Waals surface area contributed by atoms with Gasteiger partial charge in [0.15, 0.2) is 17.6 Å². The van der Waals surface area contributed by atoms with Crippen molar-refractivity contribution in [1.82, 2.24) is 20.6 Å². The highest BCUT2D eigenvalue weighted by Crippen LogP contribution is 2.20. The summed E-state index contributed by atoms with van der Waals surface area (Å²) in [7, 11) is 1.59. The van der Waals surface area contributed by atoms with E-state index in [4.69, 9.17) is 4.74 Å². The molecule has 152 valence electrons. The fraction of sp³-hybridized carbons (Fsp3) is 0.421. The van der Waals surface area contributed by atoms with Gasteiger partial charge in [-0.1, -0.05) is 6.07 Å². The van der Waals surface area contributed by atoms with Gasteiger partial charge in [0, 0.05) is 37.9 Å². The first-order chi connectivity index (χ1) is 13.2. The molecule has 1 fully saturated rings. The van der Waals surface area contributed by atoms with Crippen molar-refractivity contribution in [3.8, 4) is 5.88 Å². The summed E-state index contributed by atoms with van der Waals surface area (Å²) < 4.78 is 19.1. The maximum atomic E-state index is 13.9. The number of aliphatic imine (C=N–C) groups is 1. The molecule has 2 aromatic rings. The Kier molecular flexibility index (Phi) is 8.68. The van der Waals surface area contributed by atoms with Crippen molar-refractivity contribution in [2.45, 2.75) is 25.9 Å². The lowest BCUT2D eigenvalue weighted by molar-refractivity contribution is 0.396. The number of nitrogens with one attached hydrogen (secondary N) is 2. The van der Waals surface area contributed by atoms with Crippen LogP contribution in [-0.4, -0.2) is 48.7 Å². The summed E-state index contributed by atoms with van der Waals surface area (Å²) in [6, 6.07) is 8.83. The van der Waals surface area contributed by atoms with E-state index >= 15 is 0 Å². The van der Waals surface area contributed by atoms with Crippen molar-refractivity contribution in [1.29, 1.82) is 0 Å². The predicted octanol–water partition coefficient (Wildman–Crippen LogP) is 2.58. The summed E-state index contributed by atoms with van der Waals surface area (Å²) in [5.74, 6) is 1.41. The molecule has 1 unspecified atom stereocenters. The van der Waals surface area contributed by atoms with Gasteiger partial charge < -0.3 is 20.3 Å². The second-order valence-corrected chi connectivity index (χ2v) is 6.25. The molecule has 1 saturated heterocycles. The lowest BCUT2D eigenvalue weighted by Crippen LogP contribution is -2.44. The zero-order valence-electron chi connectivity index (χ0n) is 16.1. The van der Waals surface area contributed by atoms with Crippen LogP contribution in [0.5, 0.6) is 5.88 Å². The molecule has 2 N–H and O–H groups in total. The molecule has 1 aliphatic heterocycles. The van der Waals surface area contributed by atoms with E-state index in [0.29, 0.717) is 24.8 Å². The number of methoxy groups -OCH3 is 1. The smallest absolute Gasteiger partial charge is 0.213 e. The average molecular weight is 500 g/mol. The number of ether oxygens (including phenoxy) is 1. The highest BCUT2D eigenvalue weighted by molar-refractivity contribution is 14.0. The van der Waals surface area contributed by atoms with Crippen LogP contribution < -0.4 is 20.3 Å². The molecule has 0 aliphatic carbocycles. The first-order valence-corrected chi connectivity index (χ1v) is 9.10. The second-order valence-electron chi connectivity index (χ2n) is 6.25. The van der Waals surface area contributed by atoms with E-state index in [2.05, 4.69) is 25.6 Å². The fourth-order valence-corrected chi connectivity index (χ4v) is 3.01. The number of rotatable bonds is 6. The molecule has 7 nitrogen and oxygen atoms in total. The molecule has 9 heteroatoms. The third kappa shape index (κ3) is 5.91. The third-order valence-electron chi connectivity index (χ3n) is 4.30. The molecular formula is C19H26FIN6O. The number of anilines is 1. The van der Waals surface area contributed by atoms with E-state index in [1.807, 2.05) is 24.0 Å². The maximum Gasteiger partial charge on any atom is 0.213 e. The van der Waals surface area contributed by atoms with Crippen molar-refractivity contribution in [3.63, 3.8) is 0 Å². The summed E-state index contributed by atoms with van der Waals surface area (Å²) in [6.45, 7) is 4.64. The SMILES string of the molecule is CCNC(=NCc1cccc(OC)n1)NC1CCN(c2ncccc2F)C1.I. The lowest BCUT2D eigenvalue weighted by Gasteiger charge is -2.19. The highest BCUT2D eigenvalue weighted by Gasteiger charge is 2.25. The number of pyridine rings is 2. The summed E-state index contributed by atoms with van der Waals surface area (Å²) in [6.07, 6.45) is 2.50. The van der Waals surface area contributed by atoms with Crippen LogP contribution in [0, 0.1) is 5.82 Å². The van der Waals surface area contributed by atoms with Crippen LogP contribution in [0.15, 0.2) is 41.5 Å². The first-order valence-electron chi connectivity index (χ1n) is 9.10. The minimum atomic E-state index is -0.289. The Balaban J connectivity index is 0.00000280. The fourth-order valence-electron chi connectivity index (χ4n) is 3.01. The van der Waals surface area contributed by atoms with Gasteiger partial charge in [-0.3, -0.25) is 0 Å². The van der Waals surface area contributed by atoms with Crippen molar-refractivity contribution < 1.29 is 9.13 Å². The van der Waals surface area contributed by atoms with Gasteiger partial charge in [0.05, 0.1) is 19.3 Å². The normalized spacial score (nSPS) is 16.5. The molecule has 3 heterocycles. The van der Waals surface area contributed by atoms with Gasteiger partial charge in [-0.05, 0) is 31.5 Å². The molecule has 0 saturated carbocycles. The summed E-state index contributed by atoms with van der Waals surface area (Å²) in [4.78, 5) is 15.1. The van der Waals surface area contributed by atoms with Crippen LogP contribution in [-0.2, 0) is 6.54 Å². The highest BCUT2D eigenvalue weighted by atomic mass is 127. The van der Waals surface area contributed by atoms with Gasteiger partial charge in [0.25, 0.3) is 0 Å². The van der Waals surface area contributed by atoms with E-state index in [1.165, 1.54) is 6.07 Å². The molecule has 1 atom stereocenters. The Bertz CT molecular complexity index is 791. The van der Waals surface area contributed by atoms with Crippen LogP contribution in [0.1, 0.15) is 19.0 Å². The minimum absolute atomic E-state index is 0. The predicted molar refractivity (Wildman–Crippen MR) is 119 cm³/mol. The third-order valence-corrected chi connectivity index (χ3v) is 4.30. The first kappa shape index (κ1) is 22.1. The monoisotopic (exact) mass is 500 g/mol. The number of hydrogen-bond donors (Lipinski definition) is 2. The average Bonchev–Trinajstić information content (AvgIpc) is 3.15. The Labute approximate surface area is 181 Å². The molecule has 0 amide bonds. The minimum Gasteiger partial charge on any atom is -0.481 e. The number of halogens is 2. The standard InChI is InChI=1S/C19H25FN6O.HI/c1-3-21-19(23-12-14-6-4-8-17(24-14)27-2)25-15-9-11-26(13-15)18-16(20)7-5-10-22-18;/h4-8,10,15H,3,9,11-13H2,1-2H3,(H2,21,23,25);1H. The second kappa shape index (κ2) is 11.0. The van der Waals surface area contributed by atoms with Gasteiger partial charge in [-0.25, -0.2) is 19.4 Å². The zero-order valence-corrected chi connectivity index (χ0v) is 18.4. The number of aromatic nitrogens is 2. The van der Waals surface area contributed by atoms with Gasteiger partial charge in [0.2, 0.25) is 5.88 Å². The lowest BCUT2D eigenvalue weighted by atomic mass is 10.3.